The SMILES string of the molecule is CCC#CCCCCNC(=O)c1cc(C)ccc1-c1ncccn1. The molecule has 0 saturated carbocycles. The highest BCUT2D eigenvalue weighted by atomic mass is 16.1. The normalized spacial score (nSPS) is 9.92. The van der Waals surface area contributed by atoms with Crippen LogP contribution in [-0.2, 0) is 0 Å². The maximum atomic E-state index is 12.5. The smallest absolute Gasteiger partial charge is 0.252 e. The number of rotatable bonds is 6. The van der Waals surface area contributed by atoms with Gasteiger partial charge in [-0.15, -0.1) is 11.8 Å². The van der Waals surface area contributed by atoms with Crippen LogP contribution in [0.3, 0.4) is 0 Å². The number of benzene rings is 1. The highest BCUT2D eigenvalue weighted by Crippen LogP contribution is 2.21. The van der Waals surface area contributed by atoms with Crippen molar-refractivity contribution in [2.24, 2.45) is 0 Å². The minimum atomic E-state index is -0.0826. The van der Waals surface area contributed by atoms with Gasteiger partial charge in [-0.3, -0.25) is 4.79 Å². The van der Waals surface area contributed by atoms with Crippen molar-refractivity contribution in [3.8, 4) is 23.2 Å². The van der Waals surface area contributed by atoms with Gasteiger partial charge in [0.2, 0.25) is 0 Å². The molecule has 2 aromatic rings. The van der Waals surface area contributed by atoms with Crippen LogP contribution >= 0.6 is 0 Å². The lowest BCUT2D eigenvalue weighted by Crippen LogP contribution is -2.25. The Bertz CT molecular complexity index is 730. The molecule has 0 bridgehead atoms. The third-order valence-corrected chi connectivity index (χ3v) is 3.54. The molecule has 124 valence electrons. The summed E-state index contributed by atoms with van der Waals surface area (Å²) < 4.78 is 0. The molecule has 0 fully saturated rings. The first-order valence-corrected chi connectivity index (χ1v) is 8.34. The standard InChI is InChI=1S/C20H23N3O/c1-3-4-5-6-7-8-12-23-20(24)18-15-16(2)10-11-17(18)19-21-13-9-14-22-19/h9-11,13-15H,3,6-8,12H2,1-2H3,(H,23,24). The number of aryl methyl sites for hydroxylation is 1. The summed E-state index contributed by atoms with van der Waals surface area (Å²) in [7, 11) is 0. The fraction of sp³-hybridized carbons (Fsp3) is 0.350. The largest absolute Gasteiger partial charge is 0.352 e. The van der Waals surface area contributed by atoms with Gasteiger partial charge in [-0.1, -0.05) is 24.6 Å². The first kappa shape index (κ1) is 17.7. The Morgan fingerprint density at radius 1 is 1.17 bits per heavy atom. The van der Waals surface area contributed by atoms with E-state index in [4.69, 9.17) is 0 Å². The molecule has 0 radical (unpaired) electrons. The fourth-order valence-corrected chi connectivity index (χ4v) is 2.33. The first-order chi connectivity index (χ1) is 11.7. The lowest BCUT2D eigenvalue weighted by atomic mass is 10.0. The van der Waals surface area contributed by atoms with Gasteiger partial charge >= 0.3 is 0 Å². The highest BCUT2D eigenvalue weighted by molar-refractivity contribution is 6.00. The van der Waals surface area contributed by atoms with Crippen LogP contribution in [0.25, 0.3) is 11.4 Å². The van der Waals surface area contributed by atoms with E-state index in [-0.39, 0.29) is 5.91 Å². The van der Waals surface area contributed by atoms with E-state index in [1.54, 1.807) is 18.5 Å². The maximum Gasteiger partial charge on any atom is 0.252 e. The molecular weight excluding hydrogens is 298 g/mol. The van der Waals surface area contributed by atoms with E-state index in [9.17, 15) is 4.79 Å². The van der Waals surface area contributed by atoms with Crippen molar-refractivity contribution in [3.05, 3.63) is 47.8 Å². The van der Waals surface area contributed by atoms with Crippen LogP contribution < -0.4 is 5.32 Å². The molecule has 0 aliphatic heterocycles. The van der Waals surface area contributed by atoms with E-state index < -0.39 is 0 Å². The monoisotopic (exact) mass is 321 g/mol. The molecule has 0 unspecified atom stereocenters. The summed E-state index contributed by atoms with van der Waals surface area (Å²) in [5, 5.41) is 2.98. The van der Waals surface area contributed by atoms with Gasteiger partial charge in [-0.2, -0.15) is 0 Å². The molecular formula is C20H23N3O. The zero-order valence-electron chi connectivity index (χ0n) is 14.3. The topological polar surface area (TPSA) is 54.9 Å². The molecule has 4 nitrogen and oxygen atoms in total. The molecule has 2 rings (SSSR count). The number of unbranched alkanes of at least 4 members (excludes halogenated alkanes) is 2. The average molecular weight is 321 g/mol. The lowest BCUT2D eigenvalue weighted by Gasteiger charge is -2.10. The van der Waals surface area contributed by atoms with Gasteiger partial charge in [0.1, 0.15) is 0 Å². The van der Waals surface area contributed by atoms with Crippen molar-refractivity contribution in [1.29, 1.82) is 0 Å². The molecule has 1 heterocycles. The predicted molar refractivity (Wildman–Crippen MR) is 96.5 cm³/mol. The summed E-state index contributed by atoms with van der Waals surface area (Å²) in [6.07, 6.45) is 7.07. The summed E-state index contributed by atoms with van der Waals surface area (Å²) in [5.41, 5.74) is 2.41. The number of amides is 1. The predicted octanol–water partition coefficient (Wildman–Crippen LogP) is 3.77. The second-order valence-electron chi connectivity index (χ2n) is 5.54. The molecule has 0 atom stereocenters. The molecule has 24 heavy (non-hydrogen) atoms. The number of carbonyl (C=O) groups is 1. The van der Waals surface area contributed by atoms with Crippen molar-refractivity contribution in [3.63, 3.8) is 0 Å². The summed E-state index contributed by atoms with van der Waals surface area (Å²) >= 11 is 0. The molecule has 1 amide bonds. The van der Waals surface area contributed by atoms with Crippen molar-refractivity contribution in [2.75, 3.05) is 6.54 Å². The average Bonchev–Trinajstić information content (AvgIpc) is 2.61. The van der Waals surface area contributed by atoms with Gasteiger partial charge in [0.05, 0.1) is 5.56 Å². The van der Waals surface area contributed by atoms with E-state index in [1.165, 1.54) is 0 Å². The summed E-state index contributed by atoms with van der Waals surface area (Å²) in [4.78, 5) is 21.0. The fourth-order valence-electron chi connectivity index (χ4n) is 2.33. The Morgan fingerprint density at radius 2 is 1.96 bits per heavy atom. The van der Waals surface area contributed by atoms with Crippen LogP contribution in [0.1, 0.15) is 48.5 Å². The Balaban J connectivity index is 2.00. The Kier molecular flexibility index (Phi) is 6.97. The van der Waals surface area contributed by atoms with Crippen molar-refractivity contribution >= 4 is 5.91 Å². The van der Waals surface area contributed by atoms with Crippen molar-refractivity contribution in [2.45, 2.75) is 39.5 Å². The maximum absolute atomic E-state index is 12.5. The molecule has 0 spiro atoms. The summed E-state index contributed by atoms with van der Waals surface area (Å²) in [6.45, 7) is 4.66. The highest BCUT2D eigenvalue weighted by Gasteiger charge is 2.14. The van der Waals surface area contributed by atoms with Crippen molar-refractivity contribution in [1.82, 2.24) is 15.3 Å². The Hall–Kier alpha value is -2.67. The van der Waals surface area contributed by atoms with E-state index in [0.29, 0.717) is 17.9 Å². The number of aromatic nitrogens is 2. The first-order valence-electron chi connectivity index (χ1n) is 8.34. The van der Waals surface area contributed by atoms with Gasteiger partial charge < -0.3 is 5.32 Å². The molecule has 1 aromatic heterocycles. The second-order valence-corrected chi connectivity index (χ2v) is 5.54. The summed E-state index contributed by atoms with van der Waals surface area (Å²) in [6, 6.07) is 7.52. The van der Waals surface area contributed by atoms with E-state index in [2.05, 4.69) is 27.1 Å². The number of nitrogens with zero attached hydrogens (tertiary/aromatic N) is 2. The third-order valence-electron chi connectivity index (χ3n) is 3.54. The minimum absolute atomic E-state index is 0.0826. The molecule has 0 saturated heterocycles. The second kappa shape index (κ2) is 9.46. The number of nitrogens with one attached hydrogen (secondary N) is 1. The minimum Gasteiger partial charge on any atom is -0.352 e. The van der Waals surface area contributed by atoms with Crippen LogP contribution in [-0.4, -0.2) is 22.4 Å². The molecule has 0 aliphatic rings. The van der Waals surface area contributed by atoms with Crippen LogP contribution in [0, 0.1) is 18.8 Å². The molecule has 1 N–H and O–H groups in total. The van der Waals surface area contributed by atoms with Crippen LogP contribution in [0.5, 0.6) is 0 Å². The number of hydrogen-bond donors (Lipinski definition) is 1. The molecule has 4 heteroatoms. The Labute approximate surface area is 143 Å². The zero-order chi connectivity index (χ0) is 17.2. The lowest BCUT2D eigenvalue weighted by molar-refractivity contribution is 0.0953. The van der Waals surface area contributed by atoms with Gasteiger partial charge in [-0.05, 0) is 31.9 Å². The number of hydrogen-bond acceptors (Lipinski definition) is 3. The molecule has 1 aromatic carbocycles. The van der Waals surface area contributed by atoms with E-state index in [1.807, 2.05) is 32.0 Å². The van der Waals surface area contributed by atoms with Gasteiger partial charge in [0, 0.05) is 37.3 Å². The van der Waals surface area contributed by atoms with Crippen LogP contribution in [0.2, 0.25) is 0 Å². The summed E-state index contributed by atoms with van der Waals surface area (Å²) in [5.74, 6) is 6.65. The van der Waals surface area contributed by atoms with Crippen LogP contribution in [0.15, 0.2) is 36.7 Å². The van der Waals surface area contributed by atoms with Crippen LogP contribution in [0.4, 0.5) is 0 Å². The van der Waals surface area contributed by atoms with Gasteiger partial charge in [0.25, 0.3) is 5.91 Å². The van der Waals surface area contributed by atoms with Crippen molar-refractivity contribution < 1.29 is 4.79 Å². The number of carbonyl (C=O) groups excluding carboxylic acids is 1. The van der Waals surface area contributed by atoms with Gasteiger partial charge in [-0.25, -0.2) is 9.97 Å². The van der Waals surface area contributed by atoms with E-state index >= 15 is 0 Å². The zero-order valence-corrected chi connectivity index (χ0v) is 14.3. The Morgan fingerprint density at radius 3 is 2.71 bits per heavy atom. The molecule has 0 aliphatic carbocycles. The van der Waals surface area contributed by atoms with E-state index in [0.717, 1.165) is 36.8 Å². The quantitative estimate of drug-likeness (QED) is 0.651. The van der Waals surface area contributed by atoms with Gasteiger partial charge in [0.15, 0.2) is 5.82 Å². The third kappa shape index (κ3) is 5.20.